The Hall–Kier alpha value is -1.61. The lowest BCUT2D eigenvalue weighted by atomic mass is 9.85. The van der Waals surface area contributed by atoms with Gasteiger partial charge >= 0.3 is 0 Å². The van der Waals surface area contributed by atoms with E-state index in [9.17, 15) is 9.90 Å². The third kappa shape index (κ3) is 4.52. The first-order valence-electron chi connectivity index (χ1n) is 8.38. The van der Waals surface area contributed by atoms with Crippen molar-refractivity contribution >= 4 is 40.0 Å². The maximum absolute atomic E-state index is 11.9. The van der Waals surface area contributed by atoms with Crippen molar-refractivity contribution in [2.45, 2.75) is 44.1 Å². The molecule has 0 spiro atoms. The minimum absolute atomic E-state index is 0.0648. The van der Waals surface area contributed by atoms with Crippen molar-refractivity contribution < 1.29 is 14.6 Å². The van der Waals surface area contributed by atoms with Crippen LogP contribution in [0.5, 0.6) is 5.75 Å². The first-order valence-corrected chi connectivity index (χ1v) is 9.61. The number of rotatable bonds is 2. The second kappa shape index (κ2) is 7.74. The largest absolute Gasteiger partial charge is 0.495 e. The molecule has 2 aliphatic rings. The summed E-state index contributed by atoms with van der Waals surface area (Å²) in [5.74, 6) is 6.85. The Balaban J connectivity index is 1.90. The average molecular weight is 373 g/mol. The molecule has 3 nitrogen and oxygen atoms in total. The zero-order chi connectivity index (χ0) is 17.9. The van der Waals surface area contributed by atoms with Crippen LogP contribution in [-0.2, 0) is 4.79 Å². The maximum atomic E-state index is 11.9. The molecule has 25 heavy (non-hydrogen) atoms. The zero-order valence-corrected chi connectivity index (χ0v) is 15.8. The summed E-state index contributed by atoms with van der Waals surface area (Å²) in [6.07, 6.45) is 6.78. The molecule has 0 aromatic heterocycles. The van der Waals surface area contributed by atoms with E-state index in [0.717, 1.165) is 24.8 Å². The van der Waals surface area contributed by atoms with Gasteiger partial charge in [0.15, 0.2) is 5.78 Å². The molecule has 0 radical (unpaired) electrons. The molecule has 1 N–H and O–H groups in total. The summed E-state index contributed by atoms with van der Waals surface area (Å²) < 4.78 is 6.10. The fraction of sp³-hybridized carbons (Fsp3) is 0.400. The normalized spacial score (nSPS) is 21.1. The second-order valence-electron chi connectivity index (χ2n) is 6.38. The Bertz CT molecular complexity index is 793. The van der Waals surface area contributed by atoms with Crippen molar-refractivity contribution in [3.63, 3.8) is 0 Å². The Kier molecular flexibility index (Phi) is 5.63. The van der Waals surface area contributed by atoms with Gasteiger partial charge in [-0.25, -0.2) is 0 Å². The van der Waals surface area contributed by atoms with Crippen molar-refractivity contribution in [3.05, 3.63) is 34.2 Å². The Morgan fingerprint density at radius 3 is 2.72 bits per heavy atom. The van der Waals surface area contributed by atoms with Gasteiger partial charge in [0.05, 0.1) is 28.2 Å². The smallest absolute Gasteiger partial charge is 0.175 e. The number of allylic oxidation sites excluding steroid dienone is 1. The maximum Gasteiger partial charge on any atom is 0.175 e. The van der Waals surface area contributed by atoms with Gasteiger partial charge in [0, 0.05) is 0 Å². The Morgan fingerprint density at radius 2 is 2.08 bits per heavy atom. The molecular weight excluding hydrogens is 352 g/mol. The topological polar surface area (TPSA) is 46.5 Å². The number of hydrogen-bond acceptors (Lipinski definition) is 5. The van der Waals surface area contributed by atoms with Crippen LogP contribution < -0.4 is 4.74 Å². The number of Topliss-reactive ketones (excluding diaryl/α,β-unsaturated/α-hetero) is 1. The number of methoxy groups -OCH3 is 1. The van der Waals surface area contributed by atoms with Crippen molar-refractivity contribution in [3.8, 4) is 17.6 Å². The number of hydrogen-bond donors (Lipinski definition) is 1. The molecule has 1 saturated carbocycles. The van der Waals surface area contributed by atoms with E-state index in [1.165, 1.54) is 11.8 Å². The third-order valence-corrected chi connectivity index (χ3v) is 5.77. The van der Waals surface area contributed by atoms with Crippen molar-refractivity contribution in [2.24, 2.45) is 0 Å². The van der Waals surface area contributed by atoms with E-state index in [-0.39, 0.29) is 5.78 Å². The van der Waals surface area contributed by atoms with E-state index < -0.39 is 5.60 Å². The average Bonchev–Trinajstić information content (AvgIpc) is 2.91. The van der Waals surface area contributed by atoms with Gasteiger partial charge in [0.1, 0.15) is 11.4 Å². The van der Waals surface area contributed by atoms with Crippen molar-refractivity contribution in [1.29, 1.82) is 0 Å². The number of thiocarbonyl (C=S) groups is 1. The summed E-state index contributed by atoms with van der Waals surface area (Å²) in [4.78, 5) is 12.6. The predicted octanol–water partition coefficient (Wildman–Crippen LogP) is 4.12. The number of ketones is 1. The summed E-state index contributed by atoms with van der Waals surface area (Å²) in [6, 6.07) is 5.62. The molecule has 2 fully saturated rings. The minimum atomic E-state index is -0.902. The highest BCUT2D eigenvalue weighted by Crippen LogP contribution is 2.33. The van der Waals surface area contributed by atoms with Crippen LogP contribution in [0.15, 0.2) is 23.1 Å². The van der Waals surface area contributed by atoms with Gasteiger partial charge in [-0.1, -0.05) is 48.3 Å². The predicted molar refractivity (Wildman–Crippen MR) is 106 cm³/mol. The first-order chi connectivity index (χ1) is 12.0. The lowest BCUT2D eigenvalue weighted by Crippen LogP contribution is -2.29. The summed E-state index contributed by atoms with van der Waals surface area (Å²) in [5.41, 5.74) is 0.691. The summed E-state index contributed by atoms with van der Waals surface area (Å²) in [6.45, 7) is 0. The number of thioether (sulfide) groups is 1. The standard InChI is InChI=1S/C20H20O3S2/c1-23-17-6-5-14(12-18-16(21)13-19(24)25-18)11-15(17)7-10-20(22)8-3-2-4-9-20/h5-6,11-12,22H,2-4,8-9,13H2,1H3/b18-12-. The van der Waals surface area contributed by atoms with Gasteiger partial charge in [0.2, 0.25) is 0 Å². The molecule has 1 saturated heterocycles. The van der Waals surface area contributed by atoms with Crippen LogP contribution in [0, 0.1) is 11.8 Å². The fourth-order valence-corrected chi connectivity index (χ4v) is 4.28. The third-order valence-electron chi connectivity index (χ3n) is 4.44. The molecule has 3 rings (SSSR count). The van der Waals surface area contributed by atoms with Gasteiger partial charge in [-0.3, -0.25) is 4.79 Å². The van der Waals surface area contributed by atoms with Gasteiger partial charge < -0.3 is 9.84 Å². The molecule has 5 heteroatoms. The minimum Gasteiger partial charge on any atom is -0.495 e. The molecule has 0 atom stereocenters. The highest BCUT2D eigenvalue weighted by atomic mass is 32.2. The molecule has 0 unspecified atom stereocenters. The van der Waals surface area contributed by atoms with Crippen LogP contribution in [0.25, 0.3) is 6.08 Å². The lowest BCUT2D eigenvalue weighted by molar-refractivity contribution is -0.113. The highest BCUT2D eigenvalue weighted by molar-refractivity contribution is 8.27. The number of benzene rings is 1. The van der Waals surface area contributed by atoms with E-state index in [1.54, 1.807) is 7.11 Å². The summed E-state index contributed by atoms with van der Waals surface area (Å²) in [5, 5.41) is 10.6. The van der Waals surface area contributed by atoms with E-state index in [4.69, 9.17) is 17.0 Å². The molecule has 1 aromatic carbocycles. The quantitative estimate of drug-likeness (QED) is 0.481. The highest BCUT2D eigenvalue weighted by Gasteiger charge is 2.26. The lowest BCUT2D eigenvalue weighted by Gasteiger charge is -2.26. The SMILES string of the molecule is COc1ccc(/C=C2\SC(=S)CC2=O)cc1C#CC1(O)CCCCC1. The van der Waals surface area contributed by atoms with Crippen LogP contribution in [0.4, 0.5) is 0 Å². The monoisotopic (exact) mass is 372 g/mol. The van der Waals surface area contributed by atoms with Crippen LogP contribution >= 0.6 is 24.0 Å². The van der Waals surface area contributed by atoms with Crippen LogP contribution in [0.3, 0.4) is 0 Å². The van der Waals surface area contributed by atoms with Crippen molar-refractivity contribution in [1.82, 2.24) is 0 Å². The fourth-order valence-electron chi connectivity index (χ4n) is 3.05. The molecule has 130 valence electrons. The zero-order valence-electron chi connectivity index (χ0n) is 14.1. The second-order valence-corrected chi connectivity index (χ2v) is 8.27. The molecule has 1 aliphatic carbocycles. The van der Waals surface area contributed by atoms with Crippen LogP contribution in [0.2, 0.25) is 0 Å². The van der Waals surface area contributed by atoms with E-state index in [0.29, 0.717) is 39.7 Å². The van der Waals surface area contributed by atoms with Crippen LogP contribution in [-0.4, -0.2) is 27.8 Å². The van der Waals surface area contributed by atoms with Crippen LogP contribution in [0.1, 0.15) is 49.7 Å². The Labute approximate surface area is 157 Å². The molecule has 0 amide bonds. The van der Waals surface area contributed by atoms with Gasteiger partial charge in [0.25, 0.3) is 0 Å². The Morgan fingerprint density at radius 1 is 1.32 bits per heavy atom. The number of aliphatic hydroxyl groups is 1. The van der Waals surface area contributed by atoms with Gasteiger partial charge in [-0.15, -0.1) is 0 Å². The van der Waals surface area contributed by atoms with E-state index >= 15 is 0 Å². The summed E-state index contributed by atoms with van der Waals surface area (Å²) in [7, 11) is 1.60. The van der Waals surface area contributed by atoms with Gasteiger partial charge in [-0.05, 0) is 49.5 Å². The molecule has 1 aromatic rings. The number of ether oxygens (including phenoxy) is 1. The molecule has 1 heterocycles. The molecule has 1 aliphatic heterocycles. The number of carbonyl (C=O) groups excluding carboxylic acids is 1. The number of carbonyl (C=O) groups is 1. The first kappa shape index (κ1) is 18.2. The van der Waals surface area contributed by atoms with E-state index in [1.807, 2.05) is 24.3 Å². The van der Waals surface area contributed by atoms with Crippen molar-refractivity contribution in [2.75, 3.05) is 7.11 Å². The van der Waals surface area contributed by atoms with E-state index in [2.05, 4.69) is 11.8 Å². The van der Waals surface area contributed by atoms with Gasteiger partial charge in [-0.2, -0.15) is 0 Å². The molecule has 0 bridgehead atoms. The molecular formula is C20H20O3S2. The summed E-state index contributed by atoms with van der Waals surface area (Å²) >= 11 is 6.47.